The van der Waals surface area contributed by atoms with Gasteiger partial charge >= 0.3 is 0 Å². The first-order chi connectivity index (χ1) is 16.1. The molecule has 1 saturated heterocycles. The van der Waals surface area contributed by atoms with Gasteiger partial charge in [-0.15, -0.1) is 0 Å². The summed E-state index contributed by atoms with van der Waals surface area (Å²) in [6.45, 7) is 4.98. The fraction of sp³-hybridized carbons (Fsp3) is 0.231. The Bertz CT molecular complexity index is 1180. The third kappa shape index (κ3) is 4.09. The molecular formula is C26H25N5O2. The quantitative estimate of drug-likeness (QED) is 0.570. The molecule has 0 spiro atoms. The molecule has 2 amide bonds. The maximum absolute atomic E-state index is 13.6. The van der Waals surface area contributed by atoms with Crippen LogP contribution in [-0.4, -0.2) is 57.8 Å². The molecule has 2 aliphatic rings. The highest BCUT2D eigenvalue weighted by Gasteiger charge is 2.42. The Balaban J connectivity index is 1.45. The van der Waals surface area contributed by atoms with E-state index in [2.05, 4.69) is 19.8 Å². The number of rotatable bonds is 5. The van der Waals surface area contributed by atoms with Gasteiger partial charge < -0.3 is 9.80 Å². The van der Waals surface area contributed by atoms with Crippen molar-refractivity contribution in [2.24, 2.45) is 0 Å². The monoisotopic (exact) mass is 439 g/mol. The Morgan fingerprint density at radius 1 is 0.788 bits per heavy atom. The molecule has 0 N–H and O–H groups in total. The maximum atomic E-state index is 13.6. The molecule has 5 rings (SSSR count). The predicted molar refractivity (Wildman–Crippen MR) is 126 cm³/mol. The summed E-state index contributed by atoms with van der Waals surface area (Å²) in [5, 5.41) is 0. The van der Waals surface area contributed by atoms with Crippen LogP contribution in [0.25, 0.3) is 5.57 Å². The minimum Gasteiger partial charge on any atom is -0.363 e. The first-order valence-electron chi connectivity index (χ1n) is 11.1. The van der Waals surface area contributed by atoms with E-state index in [0.717, 1.165) is 35.6 Å². The molecule has 2 aromatic heterocycles. The van der Waals surface area contributed by atoms with Gasteiger partial charge in [0.2, 0.25) is 0 Å². The van der Waals surface area contributed by atoms with Crippen LogP contribution in [0.15, 0.2) is 78.9 Å². The highest BCUT2D eigenvalue weighted by Crippen LogP contribution is 2.33. The molecule has 0 unspecified atom stereocenters. The standard InChI is InChI=1S/C26H25N5O2/c1-19-5-7-21(8-6-19)23-24(26(33)31(25(23)32)18-20-9-12-27-13-10-20)30-16-14-29(15-17-30)22-4-2-3-11-28-22/h2-13H,14-18H2,1H3. The first-order valence-corrected chi connectivity index (χ1v) is 11.1. The van der Waals surface area contributed by atoms with Crippen molar-refractivity contribution >= 4 is 23.2 Å². The lowest BCUT2D eigenvalue weighted by Crippen LogP contribution is -2.47. The summed E-state index contributed by atoms with van der Waals surface area (Å²) in [6.07, 6.45) is 5.13. The summed E-state index contributed by atoms with van der Waals surface area (Å²) >= 11 is 0. The van der Waals surface area contributed by atoms with Crippen molar-refractivity contribution in [1.29, 1.82) is 0 Å². The molecular weight excluding hydrogens is 414 g/mol. The number of pyridine rings is 2. The summed E-state index contributed by atoms with van der Waals surface area (Å²) in [4.78, 5) is 41.2. The topological polar surface area (TPSA) is 69.6 Å². The number of aryl methyl sites for hydroxylation is 1. The zero-order valence-electron chi connectivity index (χ0n) is 18.5. The van der Waals surface area contributed by atoms with Gasteiger partial charge in [0.15, 0.2) is 0 Å². The third-order valence-electron chi connectivity index (χ3n) is 6.14. The smallest absolute Gasteiger partial charge is 0.278 e. The number of aromatic nitrogens is 2. The zero-order chi connectivity index (χ0) is 22.8. The highest BCUT2D eigenvalue weighted by molar-refractivity contribution is 6.35. The van der Waals surface area contributed by atoms with Gasteiger partial charge in [-0.05, 0) is 42.3 Å². The molecule has 7 nitrogen and oxygen atoms in total. The van der Waals surface area contributed by atoms with Crippen molar-refractivity contribution in [3.05, 3.63) is 95.6 Å². The number of hydrogen-bond donors (Lipinski definition) is 0. The average molecular weight is 440 g/mol. The number of amides is 2. The molecule has 2 aliphatic heterocycles. The Morgan fingerprint density at radius 2 is 1.48 bits per heavy atom. The van der Waals surface area contributed by atoms with E-state index in [9.17, 15) is 9.59 Å². The predicted octanol–water partition coefficient (Wildman–Crippen LogP) is 2.89. The largest absolute Gasteiger partial charge is 0.363 e. The van der Waals surface area contributed by atoms with Crippen LogP contribution in [0.4, 0.5) is 5.82 Å². The molecule has 4 heterocycles. The molecule has 0 radical (unpaired) electrons. The number of anilines is 1. The maximum Gasteiger partial charge on any atom is 0.278 e. The van der Waals surface area contributed by atoms with E-state index in [1.807, 2.05) is 61.5 Å². The van der Waals surface area contributed by atoms with E-state index in [1.165, 1.54) is 4.90 Å². The van der Waals surface area contributed by atoms with Gasteiger partial charge in [0.1, 0.15) is 11.5 Å². The lowest BCUT2D eigenvalue weighted by Gasteiger charge is -2.37. The van der Waals surface area contributed by atoms with Crippen molar-refractivity contribution in [3.63, 3.8) is 0 Å². The summed E-state index contributed by atoms with van der Waals surface area (Å²) in [7, 11) is 0. The number of benzene rings is 1. The summed E-state index contributed by atoms with van der Waals surface area (Å²) in [5.41, 5.74) is 3.74. The molecule has 3 aromatic rings. The van der Waals surface area contributed by atoms with E-state index >= 15 is 0 Å². The van der Waals surface area contributed by atoms with Crippen LogP contribution in [0.2, 0.25) is 0 Å². The molecule has 0 saturated carbocycles. The SMILES string of the molecule is Cc1ccc(C2=C(N3CCN(c4ccccn4)CC3)C(=O)N(Cc3ccncc3)C2=O)cc1. The zero-order valence-corrected chi connectivity index (χ0v) is 18.5. The first kappa shape index (κ1) is 20.9. The lowest BCUT2D eigenvalue weighted by atomic mass is 10.0. The molecule has 0 aliphatic carbocycles. The summed E-state index contributed by atoms with van der Waals surface area (Å²) in [6, 6.07) is 17.3. The second-order valence-corrected chi connectivity index (χ2v) is 8.30. The lowest BCUT2D eigenvalue weighted by molar-refractivity contribution is -0.138. The molecule has 0 bridgehead atoms. The Kier molecular flexibility index (Phi) is 5.60. The van der Waals surface area contributed by atoms with Crippen molar-refractivity contribution in [1.82, 2.24) is 19.8 Å². The average Bonchev–Trinajstić information content (AvgIpc) is 3.11. The van der Waals surface area contributed by atoms with E-state index < -0.39 is 0 Å². The van der Waals surface area contributed by atoms with Gasteiger partial charge in [0, 0.05) is 44.8 Å². The van der Waals surface area contributed by atoms with Gasteiger partial charge in [-0.2, -0.15) is 0 Å². The number of hydrogen-bond acceptors (Lipinski definition) is 6. The minimum atomic E-state index is -0.247. The van der Waals surface area contributed by atoms with Gasteiger partial charge in [-0.25, -0.2) is 4.98 Å². The number of nitrogens with zero attached hydrogens (tertiary/aromatic N) is 5. The van der Waals surface area contributed by atoms with Crippen LogP contribution >= 0.6 is 0 Å². The van der Waals surface area contributed by atoms with Crippen LogP contribution < -0.4 is 4.90 Å². The number of carbonyl (C=O) groups is 2. The van der Waals surface area contributed by atoms with Crippen LogP contribution in [0.5, 0.6) is 0 Å². The Hall–Kier alpha value is -4.00. The highest BCUT2D eigenvalue weighted by atomic mass is 16.2. The summed E-state index contributed by atoms with van der Waals surface area (Å²) in [5.74, 6) is 0.444. The molecule has 7 heteroatoms. The third-order valence-corrected chi connectivity index (χ3v) is 6.14. The van der Waals surface area contributed by atoms with Gasteiger partial charge in [-0.3, -0.25) is 19.5 Å². The number of piperazine rings is 1. The van der Waals surface area contributed by atoms with Crippen LogP contribution in [0.3, 0.4) is 0 Å². The fourth-order valence-electron chi connectivity index (χ4n) is 4.35. The fourth-order valence-corrected chi connectivity index (χ4v) is 4.35. The molecule has 0 atom stereocenters. The van der Waals surface area contributed by atoms with Crippen molar-refractivity contribution in [2.75, 3.05) is 31.1 Å². The van der Waals surface area contributed by atoms with Crippen LogP contribution in [-0.2, 0) is 16.1 Å². The summed E-state index contributed by atoms with van der Waals surface area (Å²) < 4.78 is 0. The normalized spacial score (nSPS) is 16.7. The second-order valence-electron chi connectivity index (χ2n) is 8.30. The van der Waals surface area contributed by atoms with Crippen molar-refractivity contribution < 1.29 is 9.59 Å². The van der Waals surface area contributed by atoms with Crippen molar-refractivity contribution in [3.8, 4) is 0 Å². The van der Waals surface area contributed by atoms with E-state index in [-0.39, 0.29) is 18.4 Å². The van der Waals surface area contributed by atoms with Gasteiger partial charge in [0.05, 0.1) is 12.1 Å². The van der Waals surface area contributed by atoms with Gasteiger partial charge in [-0.1, -0.05) is 35.9 Å². The molecule has 1 fully saturated rings. The molecule has 166 valence electrons. The Labute approximate surface area is 193 Å². The van der Waals surface area contributed by atoms with E-state index in [0.29, 0.717) is 24.4 Å². The number of imide groups is 1. The van der Waals surface area contributed by atoms with E-state index in [1.54, 1.807) is 18.6 Å². The Morgan fingerprint density at radius 3 is 2.15 bits per heavy atom. The van der Waals surface area contributed by atoms with Crippen LogP contribution in [0, 0.1) is 6.92 Å². The second kappa shape index (κ2) is 8.86. The van der Waals surface area contributed by atoms with Crippen LogP contribution in [0.1, 0.15) is 16.7 Å². The van der Waals surface area contributed by atoms with E-state index in [4.69, 9.17) is 0 Å². The molecule has 1 aromatic carbocycles. The molecule has 33 heavy (non-hydrogen) atoms. The van der Waals surface area contributed by atoms with Crippen molar-refractivity contribution in [2.45, 2.75) is 13.5 Å². The minimum absolute atomic E-state index is 0.229. The van der Waals surface area contributed by atoms with Gasteiger partial charge in [0.25, 0.3) is 11.8 Å². The number of carbonyl (C=O) groups excluding carboxylic acids is 2.